The second kappa shape index (κ2) is 4.64. The third-order valence-electron chi connectivity index (χ3n) is 2.69. The van der Waals surface area contributed by atoms with Crippen LogP contribution in [-0.2, 0) is 0 Å². The quantitative estimate of drug-likeness (QED) is 0.546. The van der Waals surface area contributed by atoms with E-state index in [1.165, 1.54) is 11.1 Å². The van der Waals surface area contributed by atoms with E-state index in [-0.39, 0.29) is 0 Å². The normalized spacial score (nSPS) is 15.4. The molecule has 0 saturated heterocycles. The minimum Gasteiger partial charge on any atom is -0.0708 e. The van der Waals surface area contributed by atoms with Crippen LogP contribution in [0.4, 0.5) is 0 Å². The first-order valence-electron chi connectivity index (χ1n) is 5.10. The molecule has 0 N–H and O–H groups in total. The minimum atomic E-state index is 0.299. The standard InChI is InChI=1S/C13H24/c1-10(2)11(3)8-9-12(4)13(5,6)7/h8-10H,1-7H3/b11-8+,12-9+. The van der Waals surface area contributed by atoms with Gasteiger partial charge in [-0.25, -0.2) is 0 Å². The van der Waals surface area contributed by atoms with Gasteiger partial charge in [-0.05, 0) is 25.2 Å². The number of rotatable bonds is 2. The van der Waals surface area contributed by atoms with Gasteiger partial charge in [0.25, 0.3) is 0 Å². The summed E-state index contributed by atoms with van der Waals surface area (Å²) in [5, 5.41) is 0. The first kappa shape index (κ1) is 12.5. The van der Waals surface area contributed by atoms with Gasteiger partial charge in [0.05, 0.1) is 0 Å². The van der Waals surface area contributed by atoms with E-state index in [1.807, 2.05) is 0 Å². The molecule has 0 aliphatic carbocycles. The molecule has 0 heteroatoms. The van der Waals surface area contributed by atoms with Gasteiger partial charge in [0.1, 0.15) is 0 Å². The van der Waals surface area contributed by atoms with Gasteiger partial charge in [-0.1, -0.05) is 57.9 Å². The molecule has 13 heavy (non-hydrogen) atoms. The maximum atomic E-state index is 2.25. The van der Waals surface area contributed by atoms with Crippen molar-refractivity contribution in [1.82, 2.24) is 0 Å². The zero-order chi connectivity index (χ0) is 10.6. The highest BCUT2D eigenvalue weighted by Crippen LogP contribution is 2.24. The Balaban J connectivity index is 4.52. The fourth-order valence-corrected chi connectivity index (χ4v) is 0.699. The molecular weight excluding hydrogens is 156 g/mol. The van der Waals surface area contributed by atoms with Crippen molar-refractivity contribution >= 4 is 0 Å². The molecule has 0 saturated carbocycles. The van der Waals surface area contributed by atoms with E-state index in [0.717, 1.165) is 0 Å². The summed E-state index contributed by atoms with van der Waals surface area (Å²) in [6.07, 6.45) is 4.49. The van der Waals surface area contributed by atoms with Crippen LogP contribution >= 0.6 is 0 Å². The molecule has 0 nitrogen and oxygen atoms in total. The summed E-state index contributed by atoms with van der Waals surface area (Å²) < 4.78 is 0. The molecule has 0 bridgehead atoms. The van der Waals surface area contributed by atoms with Crippen LogP contribution in [0.2, 0.25) is 0 Å². The number of hydrogen-bond donors (Lipinski definition) is 0. The van der Waals surface area contributed by atoms with Gasteiger partial charge in [0, 0.05) is 0 Å². The molecule has 0 unspecified atom stereocenters. The maximum Gasteiger partial charge on any atom is -0.0173 e. The largest absolute Gasteiger partial charge is 0.0708 e. The van der Waals surface area contributed by atoms with Gasteiger partial charge >= 0.3 is 0 Å². The van der Waals surface area contributed by atoms with Gasteiger partial charge in [0.2, 0.25) is 0 Å². The Morgan fingerprint density at radius 2 is 1.46 bits per heavy atom. The van der Waals surface area contributed by atoms with E-state index in [9.17, 15) is 0 Å². The van der Waals surface area contributed by atoms with Crippen LogP contribution in [0.1, 0.15) is 48.5 Å². The highest BCUT2D eigenvalue weighted by molar-refractivity contribution is 5.19. The van der Waals surface area contributed by atoms with Gasteiger partial charge in [0.15, 0.2) is 0 Å². The maximum absolute atomic E-state index is 2.25. The SMILES string of the molecule is C/C(=C\C=C(/C)C(C)(C)C)C(C)C. The van der Waals surface area contributed by atoms with Gasteiger partial charge in [-0.15, -0.1) is 0 Å². The van der Waals surface area contributed by atoms with E-state index in [1.54, 1.807) is 0 Å². The van der Waals surface area contributed by atoms with Crippen molar-refractivity contribution in [1.29, 1.82) is 0 Å². The Kier molecular flexibility index (Phi) is 4.46. The summed E-state index contributed by atoms with van der Waals surface area (Å²) in [5.74, 6) is 0.656. The molecule has 0 spiro atoms. The fraction of sp³-hybridized carbons (Fsp3) is 0.692. The molecule has 0 aromatic heterocycles. The van der Waals surface area contributed by atoms with Crippen molar-refractivity contribution in [3.05, 3.63) is 23.3 Å². The first-order chi connectivity index (χ1) is 5.75. The Hall–Kier alpha value is -0.520. The smallest absolute Gasteiger partial charge is 0.0173 e. The van der Waals surface area contributed by atoms with Crippen LogP contribution < -0.4 is 0 Å². The van der Waals surface area contributed by atoms with Crippen molar-refractivity contribution in [3.63, 3.8) is 0 Å². The fourth-order valence-electron chi connectivity index (χ4n) is 0.699. The molecule has 0 rings (SSSR count). The summed E-state index contributed by atoms with van der Waals surface area (Å²) in [6.45, 7) is 15.6. The molecule has 0 aliphatic heterocycles. The highest BCUT2D eigenvalue weighted by atomic mass is 14.2. The van der Waals surface area contributed by atoms with Crippen LogP contribution in [0.3, 0.4) is 0 Å². The number of hydrogen-bond acceptors (Lipinski definition) is 0. The lowest BCUT2D eigenvalue weighted by molar-refractivity contribution is 0.504. The predicted molar refractivity (Wildman–Crippen MR) is 61.8 cm³/mol. The van der Waals surface area contributed by atoms with Crippen LogP contribution in [0, 0.1) is 11.3 Å². The Morgan fingerprint density at radius 3 is 1.77 bits per heavy atom. The highest BCUT2D eigenvalue weighted by Gasteiger charge is 2.11. The van der Waals surface area contributed by atoms with Crippen molar-refractivity contribution in [2.24, 2.45) is 11.3 Å². The van der Waals surface area contributed by atoms with Gasteiger partial charge in [-0.3, -0.25) is 0 Å². The van der Waals surface area contributed by atoms with Crippen molar-refractivity contribution in [3.8, 4) is 0 Å². The van der Waals surface area contributed by atoms with E-state index in [2.05, 4.69) is 60.6 Å². The van der Waals surface area contributed by atoms with Crippen LogP contribution in [0.25, 0.3) is 0 Å². The van der Waals surface area contributed by atoms with E-state index >= 15 is 0 Å². The average Bonchev–Trinajstić information content (AvgIpc) is 1.97. The molecule has 0 atom stereocenters. The monoisotopic (exact) mass is 180 g/mol. The first-order valence-corrected chi connectivity index (χ1v) is 5.10. The minimum absolute atomic E-state index is 0.299. The Labute approximate surface area is 83.7 Å². The molecule has 76 valence electrons. The number of allylic oxidation sites excluding steroid dienone is 4. The summed E-state index contributed by atoms with van der Waals surface area (Å²) in [4.78, 5) is 0. The van der Waals surface area contributed by atoms with Crippen molar-refractivity contribution in [2.45, 2.75) is 48.5 Å². The lowest BCUT2D eigenvalue weighted by Crippen LogP contribution is -2.05. The molecule has 0 radical (unpaired) electrons. The average molecular weight is 180 g/mol. The van der Waals surface area contributed by atoms with E-state index in [4.69, 9.17) is 0 Å². The summed E-state index contributed by atoms with van der Waals surface area (Å²) >= 11 is 0. The molecule has 0 aromatic carbocycles. The lowest BCUT2D eigenvalue weighted by Gasteiger charge is -2.19. The molecule has 0 aromatic rings. The van der Waals surface area contributed by atoms with Gasteiger partial charge < -0.3 is 0 Å². The summed E-state index contributed by atoms with van der Waals surface area (Å²) in [5.41, 5.74) is 3.18. The molecular formula is C13H24. The summed E-state index contributed by atoms with van der Waals surface area (Å²) in [7, 11) is 0. The second-order valence-corrected chi connectivity index (χ2v) is 5.17. The predicted octanol–water partition coefficient (Wildman–Crippen LogP) is 4.58. The molecule has 0 fully saturated rings. The van der Waals surface area contributed by atoms with E-state index in [0.29, 0.717) is 11.3 Å². The van der Waals surface area contributed by atoms with Crippen LogP contribution in [0.5, 0.6) is 0 Å². The molecule has 0 amide bonds. The van der Waals surface area contributed by atoms with E-state index < -0.39 is 0 Å². The van der Waals surface area contributed by atoms with Crippen LogP contribution in [0.15, 0.2) is 23.3 Å². The van der Waals surface area contributed by atoms with Crippen molar-refractivity contribution < 1.29 is 0 Å². The third-order valence-corrected chi connectivity index (χ3v) is 2.69. The van der Waals surface area contributed by atoms with Crippen LogP contribution in [-0.4, -0.2) is 0 Å². The zero-order valence-electron chi connectivity index (χ0n) is 10.2. The topological polar surface area (TPSA) is 0 Å². The van der Waals surface area contributed by atoms with Gasteiger partial charge in [-0.2, -0.15) is 0 Å². The third kappa shape index (κ3) is 4.92. The second-order valence-electron chi connectivity index (χ2n) is 5.17. The lowest BCUT2D eigenvalue weighted by atomic mass is 9.87. The zero-order valence-corrected chi connectivity index (χ0v) is 10.2. The molecule has 0 aliphatic rings. The van der Waals surface area contributed by atoms with Crippen molar-refractivity contribution in [2.75, 3.05) is 0 Å². The Morgan fingerprint density at radius 1 is 1.00 bits per heavy atom. The Bertz CT molecular complexity index is 209. The summed E-state index contributed by atoms with van der Waals surface area (Å²) in [6, 6.07) is 0. The molecule has 0 heterocycles.